The molecule has 1 aromatic rings. The summed E-state index contributed by atoms with van der Waals surface area (Å²) in [6.45, 7) is 3.13. The summed E-state index contributed by atoms with van der Waals surface area (Å²) in [4.78, 5) is 4.47. The van der Waals surface area contributed by atoms with Crippen LogP contribution in [0.3, 0.4) is 0 Å². The lowest BCUT2D eigenvalue weighted by Crippen LogP contribution is -2.11. The Hall–Kier alpha value is -0.350. The molecule has 0 radical (unpaired) electrons. The van der Waals surface area contributed by atoms with Crippen molar-refractivity contribution in [3.63, 3.8) is 0 Å². The molecule has 1 N–H and O–H groups in total. The van der Waals surface area contributed by atoms with Gasteiger partial charge >= 0.3 is 0 Å². The molecule has 1 aliphatic rings. The van der Waals surface area contributed by atoms with E-state index in [-0.39, 0.29) is 0 Å². The summed E-state index contributed by atoms with van der Waals surface area (Å²) in [5.41, 5.74) is 0. The van der Waals surface area contributed by atoms with Crippen molar-refractivity contribution >= 4 is 28.3 Å². The Kier molecular flexibility index (Phi) is 3.81. The fourth-order valence-corrected chi connectivity index (χ4v) is 2.39. The van der Waals surface area contributed by atoms with Gasteiger partial charge in [-0.1, -0.05) is 6.92 Å². The molecule has 0 spiro atoms. The second kappa shape index (κ2) is 5.12. The van der Waals surface area contributed by atoms with Crippen molar-refractivity contribution in [2.24, 2.45) is 5.92 Å². The van der Waals surface area contributed by atoms with Gasteiger partial charge in [-0.25, -0.2) is 4.98 Å². The number of nitrogens with one attached hydrogen (secondary N) is 1. The molecule has 0 bridgehead atoms. The minimum absolute atomic E-state index is 0.593. The number of hydrogen-bond donors (Lipinski definition) is 1. The summed E-state index contributed by atoms with van der Waals surface area (Å²) in [6.07, 6.45) is 3.57. The predicted molar refractivity (Wildman–Crippen MR) is 64.9 cm³/mol. The maximum Gasteiger partial charge on any atom is 0.202 e. The number of rotatable bonds is 6. The van der Waals surface area contributed by atoms with Crippen LogP contribution in [0.15, 0.2) is 0 Å². The highest BCUT2D eigenvalue weighted by molar-refractivity contribution is 7.09. The number of alkyl halides is 1. The molecule has 0 aromatic carbocycles. The van der Waals surface area contributed by atoms with Gasteiger partial charge in [-0.2, -0.15) is 4.37 Å². The molecule has 1 saturated carbocycles. The molecule has 2 rings (SSSR count). The molecule has 0 amide bonds. The molecular weight excluding hydrogens is 230 g/mol. The predicted octanol–water partition coefficient (Wildman–Crippen LogP) is 3.09. The zero-order valence-electron chi connectivity index (χ0n) is 8.87. The van der Waals surface area contributed by atoms with E-state index >= 15 is 0 Å². The maximum absolute atomic E-state index is 5.68. The summed E-state index contributed by atoms with van der Waals surface area (Å²) in [7, 11) is 0. The van der Waals surface area contributed by atoms with Gasteiger partial charge in [-0.05, 0) is 25.2 Å². The topological polar surface area (TPSA) is 37.8 Å². The van der Waals surface area contributed by atoms with Crippen LogP contribution in [0, 0.1) is 5.92 Å². The second-order valence-electron chi connectivity index (χ2n) is 4.20. The van der Waals surface area contributed by atoms with Crippen molar-refractivity contribution in [3.05, 3.63) is 5.82 Å². The molecule has 1 aromatic heterocycles. The Morgan fingerprint density at radius 3 is 3.07 bits per heavy atom. The molecular formula is C10H16ClN3S. The molecule has 0 aliphatic heterocycles. The van der Waals surface area contributed by atoms with E-state index in [9.17, 15) is 0 Å². The number of nitrogens with zero attached hydrogens (tertiary/aromatic N) is 2. The van der Waals surface area contributed by atoms with E-state index in [4.69, 9.17) is 11.6 Å². The fraction of sp³-hybridized carbons (Fsp3) is 0.800. The third-order valence-electron chi connectivity index (χ3n) is 2.59. The number of halogens is 1. The second-order valence-corrected chi connectivity index (χ2v) is 5.33. The molecule has 1 aliphatic carbocycles. The van der Waals surface area contributed by atoms with E-state index in [1.54, 1.807) is 0 Å². The van der Waals surface area contributed by atoms with Crippen molar-refractivity contribution in [1.29, 1.82) is 0 Å². The zero-order valence-corrected chi connectivity index (χ0v) is 10.4. The van der Waals surface area contributed by atoms with E-state index in [1.807, 2.05) is 0 Å². The van der Waals surface area contributed by atoms with Gasteiger partial charge in [0, 0.05) is 29.9 Å². The Morgan fingerprint density at radius 2 is 2.40 bits per heavy atom. The lowest BCUT2D eigenvalue weighted by atomic mass is 10.1. The molecule has 15 heavy (non-hydrogen) atoms. The van der Waals surface area contributed by atoms with Crippen molar-refractivity contribution in [3.8, 4) is 0 Å². The highest BCUT2D eigenvalue weighted by atomic mass is 35.5. The Balaban J connectivity index is 1.77. The third-order valence-corrected chi connectivity index (χ3v) is 3.49. The first-order valence-corrected chi connectivity index (χ1v) is 6.74. The van der Waals surface area contributed by atoms with E-state index in [0.29, 0.717) is 11.8 Å². The molecule has 1 unspecified atom stereocenters. The highest BCUT2D eigenvalue weighted by Crippen LogP contribution is 2.39. The summed E-state index contributed by atoms with van der Waals surface area (Å²) in [6, 6.07) is 0. The minimum atomic E-state index is 0.593. The molecule has 1 atom stereocenters. The van der Waals surface area contributed by atoms with Gasteiger partial charge in [0.05, 0.1) is 0 Å². The lowest BCUT2D eigenvalue weighted by Gasteiger charge is -2.08. The average molecular weight is 246 g/mol. The molecule has 0 saturated heterocycles. The summed E-state index contributed by atoms with van der Waals surface area (Å²) in [5, 5.41) is 4.28. The third kappa shape index (κ3) is 3.31. The molecule has 5 heteroatoms. The summed E-state index contributed by atoms with van der Waals surface area (Å²) in [5.74, 6) is 3.01. The summed E-state index contributed by atoms with van der Waals surface area (Å²) < 4.78 is 4.34. The van der Waals surface area contributed by atoms with Gasteiger partial charge in [-0.15, -0.1) is 11.6 Å². The number of aromatic nitrogens is 2. The van der Waals surface area contributed by atoms with Crippen LogP contribution in [-0.2, 0) is 0 Å². The molecule has 84 valence electrons. The standard InChI is InChI=1S/C10H16ClN3S/c1-7(4-5-11)6-12-10-13-9(14-15-10)8-2-3-8/h7-8H,2-6H2,1H3,(H,12,13,14). The molecule has 1 fully saturated rings. The van der Waals surface area contributed by atoms with Crippen LogP contribution < -0.4 is 5.32 Å². The Morgan fingerprint density at radius 1 is 1.60 bits per heavy atom. The maximum atomic E-state index is 5.68. The van der Waals surface area contributed by atoms with Gasteiger partial charge in [0.25, 0.3) is 0 Å². The van der Waals surface area contributed by atoms with Crippen molar-refractivity contribution in [1.82, 2.24) is 9.36 Å². The quantitative estimate of drug-likeness (QED) is 0.783. The molecule has 3 nitrogen and oxygen atoms in total. The van der Waals surface area contributed by atoms with Gasteiger partial charge < -0.3 is 5.32 Å². The fourth-order valence-electron chi connectivity index (χ4n) is 1.36. The first-order valence-electron chi connectivity index (χ1n) is 5.43. The number of hydrogen-bond acceptors (Lipinski definition) is 4. The monoisotopic (exact) mass is 245 g/mol. The summed E-state index contributed by atoms with van der Waals surface area (Å²) >= 11 is 7.15. The van der Waals surface area contributed by atoms with Crippen LogP contribution in [0.2, 0.25) is 0 Å². The van der Waals surface area contributed by atoms with Gasteiger partial charge in [0.1, 0.15) is 5.82 Å². The van der Waals surface area contributed by atoms with Crippen LogP contribution in [0.5, 0.6) is 0 Å². The zero-order chi connectivity index (χ0) is 10.7. The van der Waals surface area contributed by atoms with Crippen LogP contribution in [-0.4, -0.2) is 21.8 Å². The largest absolute Gasteiger partial charge is 0.360 e. The van der Waals surface area contributed by atoms with Crippen molar-refractivity contribution in [2.75, 3.05) is 17.7 Å². The Labute approximate surface area is 99.4 Å². The first-order chi connectivity index (χ1) is 7.29. The minimum Gasteiger partial charge on any atom is -0.360 e. The first kappa shape index (κ1) is 11.1. The van der Waals surface area contributed by atoms with E-state index in [2.05, 4.69) is 21.6 Å². The van der Waals surface area contributed by atoms with Gasteiger partial charge in [-0.3, -0.25) is 0 Å². The van der Waals surface area contributed by atoms with Crippen LogP contribution in [0.25, 0.3) is 0 Å². The van der Waals surface area contributed by atoms with Crippen LogP contribution in [0.4, 0.5) is 5.13 Å². The molecule has 1 heterocycles. The van der Waals surface area contributed by atoms with Crippen molar-refractivity contribution in [2.45, 2.75) is 32.1 Å². The lowest BCUT2D eigenvalue weighted by molar-refractivity contribution is 0.596. The number of anilines is 1. The van der Waals surface area contributed by atoms with Crippen molar-refractivity contribution < 1.29 is 0 Å². The van der Waals surface area contributed by atoms with E-state index in [0.717, 1.165) is 29.8 Å². The van der Waals surface area contributed by atoms with Gasteiger partial charge in [0.15, 0.2) is 0 Å². The average Bonchev–Trinajstić information content (AvgIpc) is 2.96. The SMILES string of the molecule is CC(CCCl)CNc1nc(C2CC2)ns1. The smallest absolute Gasteiger partial charge is 0.202 e. The Bertz CT molecular complexity index is 311. The van der Waals surface area contributed by atoms with Gasteiger partial charge in [0.2, 0.25) is 5.13 Å². The van der Waals surface area contributed by atoms with E-state index < -0.39 is 0 Å². The van der Waals surface area contributed by atoms with Crippen LogP contribution >= 0.6 is 23.1 Å². The van der Waals surface area contributed by atoms with Crippen LogP contribution in [0.1, 0.15) is 37.9 Å². The van der Waals surface area contributed by atoms with E-state index in [1.165, 1.54) is 24.4 Å². The highest BCUT2D eigenvalue weighted by Gasteiger charge is 2.27. The normalized spacial score (nSPS) is 17.7.